The van der Waals surface area contributed by atoms with Crippen molar-refractivity contribution in [1.82, 2.24) is 5.32 Å². The molecule has 0 amide bonds. The quantitative estimate of drug-likeness (QED) is 0.892. The lowest BCUT2D eigenvalue weighted by molar-refractivity contribution is 0.592. The summed E-state index contributed by atoms with van der Waals surface area (Å²) in [5.74, 6) is 0. The number of anilines is 1. The zero-order valence-electron chi connectivity index (χ0n) is 12.9. The first-order valence-corrected chi connectivity index (χ1v) is 7.10. The minimum atomic E-state index is 0.355. The zero-order chi connectivity index (χ0) is 14.5. The molecule has 0 saturated heterocycles. The zero-order valence-corrected chi connectivity index (χ0v) is 12.9. The van der Waals surface area contributed by atoms with Crippen LogP contribution in [0.5, 0.6) is 0 Å². The van der Waals surface area contributed by atoms with Crippen LogP contribution in [0.1, 0.15) is 22.7 Å². The van der Waals surface area contributed by atoms with E-state index in [1.807, 2.05) is 7.05 Å². The molecule has 2 rings (SSSR count). The van der Waals surface area contributed by atoms with Crippen molar-refractivity contribution in [3.05, 3.63) is 65.2 Å². The second-order valence-electron chi connectivity index (χ2n) is 5.52. The molecular formula is C18H24N2. The Kier molecular flexibility index (Phi) is 4.80. The van der Waals surface area contributed by atoms with Crippen molar-refractivity contribution in [2.75, 3.05) is 26.0 Å². The van der Waals surface area contributed by atoms with E-state index in [4.69, 9.17) is 0 Å². The molecule has 20 heavy (non-hydrogen) atoms. The molecule has 0 aliphatic carbocycles. The van der Waals surface area contributed by atoms with Gasteiger partial charge in [-0.15, -0.1) is 0 Å². The summed E-state index contributed by atoms with van der Waals surface area (Å²) in [4.78, 5) is 2.12. The molecule has 2 aromatic rings. The Morgan fingerprint density at radius 3 is 2.30 bits per heavy atom. The molecule has 2 heteroatoms. The number of hydrogen-bond donors (Lipinski definition) is 1. The number of benzene rings is 2. The highest BCUT2D eigenvalue weighted by Crippen LogP contribution is 2.21. The van der Waals surface area contributed by atoms with E-state index in [0.29, 0.717) is 6.04 Å². The highest BCUT2D eigenvalue weighted by Gasteiger charge is 2.10. The summed E-state index contributed by atoms with van der Waals surface area (Å²) in [6, 6.07) is 17.9. The van der Waals surface area contributed by atoms with Crippen LogP contribution in [0.2, 0.25) is 0 Å². The summed E-state index contributed by atoms with van der Waals surface area (Å²) in [7, 11) is 6.16. The van der Waals surface area contributed by atoms with Gasteiger partial charge in [-0.05, 0) is 43.7 Å². The molecule has 0 spiro atoms. The van der Waals surface area contributed by atoms with Crippen molar-refractivity contribution in [3.8, 4) is 0 Å². The monoisotopic (exact) mass is 268 g/mol. The van der Waals surface area contributed by atoms with Crippen molar-refractivity contribution in [2.45, 2.75) is 19.4 Å². The molecule has 2 nitrogen and oxygen atoms in total. The second kappa shape index (κ2) is 6.58. The summed E-state index contributed by atoms with van der Waals surface area (Å²) < 4.78 is 0. The highest BCUT2D eigenvalue weighted by molar-refractivity contribution is 5.46. The number of nitrogens with one attached hydrogen (secondary N) is 1. The fourth-order valence-corrected chi connectivity index (χ4v) is 2.47. The van der Waals surface area contributed by atoms with Crippen LogP contribution in [0.25, 0.3) is 0 Å². The van der Waals surface area contributed by atoms with E-state index < -0.39 is 0 Å². The van der Waals surface area contributed by atoms with E-state index in [0.717, 1.165) is 6.42 Å². The Balaban J connectivity index is 2.15. The van der Waals surface area contributed by atoms with Gasteiger partial charge in [-0.25, -0.2) is 0 Å². The van der Waals surface area contributed by atoms with Crippen molar-refractivity contribution in [2.24, 2.45) is 0 Å². The molecule has 1 unspecified atom stereocenters. The van der Waals surface area contributed by atoms with Crippen molar-refractivity contribution in [3.63, 3.8) is 0 Å². The van der Waals surface area contributed by atoms with Crippen LogP contribution in [0.3, 0.4) is 0 Å². The normalized spacial score (nSPS) is 12.2. The first-order valence-electron chi connectivity index (χ1n) is 7.10. The fourth-order valence-electron chi connectivity index (χ4n) is 2.47. The fraction of sp³-hybridized carbons (Fsp3) is 0.333. The molecule has 0 aromatic heterocycles. The van der Waals surface area contributed by atoms with E-state index in [9.17, 15) is 0 Å². The number of aryl methyl sites for hydroxylation is 1. The average molecular weight is 268 g/mol. The van der Waals surface area contributed by atoms with E-state index in [1.54, 1.807) is 0 Å². The molecule has 0 aliphatic rings. The SMILES string of the molecule is CNC(Cc1cccc(C)c1)c1ccc(N(C)C)cc1. The van der Waals surface area contributed by atoms with Gasteiger partial charge in [0.1, 0.15) is 0 Å². The Labute approximate surface area is 122 Å². The first kappa shape index (κ1) is 14.6. The predicted molar refractivity (Wildman–Crippen MR) is 87.5 cm³/mol. The highest BCUT2D eigenvalue weighted by atomic mass is 15.1. The summed E-state index contributed by atoms with van der Waals surface area (Å²) in [5.41, 5.74) is 5.26. The van der Waals surface area contributed by atoms with Gasteiger partial charge in [0.25, 0.3) is 0 Å². The topological polar surface area (TPSA) is 15.3 Å². The van der Waals surface area contributed by atoms with Crippen LogP contribution in [0.15, 0.2) is 48.5 Å². The first-order chi connectivity index (χ1) is 9.60. The molecule has 0 radical (unpaired) electrons. The van der Waals surface area contributed by atoms with Gasteiger partial charge < -0.3 is 10.2 Å². The van der Waals surface area contributed by atoms with Gasteiger partial charge >= 0.3 is 0 Å². The van der Waals surface area contributed by atoms with Crippen LogP contribution in [-0.2, 0) is 6.42 Å². The number of rotatable bonds is 5. The summed E-state index contributed by atoms with van der Waals surface area (Å²) >= 11 is 0. The molecule has 106 valence electrons. The van der Waals surface area contributed by atoms with Gasteiger partial charge in [0.05, 0.1) is 0 Å². The van der Waals surface area contributed by atoms with Gasteiger partial charge in [-0.1, -0.05) is 42.0 Å². The van der Waals surface area contributed by atoms with Crippen LogP contribution < -0.4 is 10.2 Å². The maximum Gasteiger partial charge on any atom is 0.0361 e. The van der Waals surface area contributed by atoms with Crippen LogP contribution in [0.4, 0.5) is 5.69 Å². The Hall–Kier alpha value is -1.80. The van der Waals surface area contributed by atoms with Gasteiger partial charge in [-0.2, -0.15) is 0 Å². The second-order valence-corrected chi connectivity index (χ2v) is 5.52. The Bertz CT molecular complexity index is 544. The third-order valence-electron chi connectivity index (χ3n) is 3.68. The van der Waals surface area contributed by atoms with Gasteiger partial charge in [-0.3, -0.25) is 0 Å². The van der Waals surface area contributed by atoms with E-state index in [-0.39, 0.29) is 0 Å². The van der Waals surface area contributed by atoms with Gasteiger partial charge in [0, 0.05) is 25.8 Å². The lowest BCUT2D eigenvalue weighted by atomic mass is 9.98. The summed E-state index contributed by atoms with van der Waals surface area (Å²) in [6.45, 7) is 2.14. The van der Waals surface area contributed by atoms with Gasteiger partial charge in [0.2, 0.25) is 0 Å². The summed E-state index contributed by atoms with van der Waals surface area (Å²) in [5, 5.41) is 3.42. The molecular weight excluding hydrogens is 244 g/mol. The Morgan fingerprint density at radius 2 is 1.75 bits per heavy atom. The van der Waals surface area contributed by atoms with Crippen molar-refractivity contribution >= 4 is 5.69 Å². The molecule has 0 aliphatic heterocycles. The smallest absolute Gasteiger partial charge is 0.0361 e. The van der Waals surface area contributed by atoms with E-state index in [2.05, 4.69) is 79.8 Å². The average Bonchev–Trinajstić information content (AvgIpc) is 2.45. The van der Waals surface area contributed by atoms with E-state index in [1.165, 1.54) is 22.4 Å². The molecule has 0 saturated carbocycles. The molecule has 0 fully saturated rings. The third kappa shape index (κ3) is 3.61. The minimum Gasteiger partial charge on any atom is -0.378 e. The van der Waals surface area contributed by atoms with Crippen LogP contribution >= 0.6 is 0 Å². The minimum absolute atomic E-state index is 0.355. The Morgan fingerprint density at radius 1 is 1.05 bits per heavy atom. The standard InChI is InChI=1S/C18H24N2/c1-14-6-5-7-15(12-14)13-18(19-2)16-8-10-17(11-9-16)20(3)4/h5-12,18-19H,13H2,1-4H3. The molecule has 2 aromatic carbocycles. The molecule has 0 heterocycles. The van der Waals surface area contributed by atoms with Crippen molar-refractivity contribution < 1.29 is 0 Å². The lowest BCUT2D eigenvalue weighted by Crippen LogP contribution is -2.19. The largest absolute Gasteiger partial charge is 0.378 e. The maximum atomic E-state index is 3.42. The molecule has 1 N–H and O–H groups in total. The van der Waals surface area contributed by atoms with Gasteiger partial charge in [0.15, 0.2) is 0 Å². The molecule has 0 bridgehead atoms. The number of nitrogens with zero attached hydrogens (tertiary/aromatic N) is 1. The summed E-state index contributed by atoms with van der Waals surface area (Å²) in [6.07, 6.45) is 1.01. The lowest BCUT2D eigenvalue weighted by Gasteiger charge is -2.19. The predicted octanol–water partition coefficient (Wildman–Crippen LogP) is 3.56. The van der Waals surface area contributed by atoms with E-state index >= 15 is 0 Å². The third-order valence-corrected chi connectivity index (χ3v) is 3.68. The number of likely N-dealkylation sites (N-methyl/N-ethyl adjacent to an activating group) is 1. The molecule has 1 atom stereocenters. The van der Waals surface area contributed by atoms with Crippen LogP contribution in [0, 0.1) is 6.92 Å². The number of hydrogen-bond acceptors (Lipinski definition) is 2. The maximum absolute atomic E-state index is 3.42. The van der Waals surface area contributed by atoms with Crippen molar-refractivity contribution in [1.29, 1.82) is 0 Å². The van der Waals surface area contributed by atoms with Crippen LogP contribution in [-0.4, -0.2) is 21.1 Å².